The molecule has 0 aromatic heterocycles. The highest BCUT2D eigenvalue weighted by Crippen LogP contribution is 2.33. The van der Waals surface area contributed by atoms with Gasteiger partial charge in [-0.2, -0.15) is 0 Å². The number of amides is 1. The van der Waals surface area contributed by atoms with Crippen molar-refractivity contribution in [3.05, 3.63) is 0 Å². The molecule has 0 spiro atoms. The van der Waals surface area contributed by atoms with Crippen LogP contribution in [0.15, 0.2) is 0 Å². The summed E-state index contributed by atoms with van der Waals surface area (Å²) in [5.41, 5.74) is 5.18. The van der Waals surface area contributed by atoms with Crippen molar-refractivity contribution in [1.82, 2.24) is 5.32 Å². The molecule has 1 aliphatic carbocycles. The summed E-state index contributed by atoms with van der Waals surface area (Å²) in [6.07, 6.45) is 3.57. The predicted octanol–water partition coefficient (Wildman–Crippen LogP) is 1.17. The smallest absolute Gasteiger partial charge is 0.240 e. The first-order valence-electron chi connectivity index (χ1n) is 5.07. The van der Waals surface area contributed by atoms with Crippen molar-refractivity contribution in [2.24, 2.45) is 5.73 Å². The van der Waals surface area contributed by atoms with Crippen LogP contribution in [-0.2, 0) is 4.79 Å². The maximum absolute atomic E-state index is 11.6. The third-order valence-electron chi connectivity index (χ3n) is 3.22. The predicted molar refractivity (Wildman–Crippen MR) is 53.3 cm³/mol. The molecule has 0 aromatic rings. The fourth-order valence-electron chi connectivity index (χ4n) is 1.19. The van der Waals surface area contributed by atoms with Crippen LogP contribution in [0.5, 0.6) is 0 Å². The molecule has 0 aromatic carbocycles. The molecule has 1 fully saturated rings. The maximum Gasteiger partial charge on any atom is 0.240 e. The van der Waals surface area contributed by atoms with Crippen LogP contribution >= 0.6 is 0 Å². The van der Waals surface area contributed by atoms with Crippen molar-refractivity contribution in [3.63, 3.8) is 0 Å². The minimum Gasteiger partial charge on any atom is -0.349 e. The number of hydrogen-bond donors (Lipinski definition) is 2. The van der Waals surface area contributed by atoms with E-state index >= 15 is 0 Å². The van der Waals surface area contributed by atoms with Crippen LogP contribution in [0.25, 0.3) is 0 Å². The molecule has 0 saturated heterocycles. The summed E-state index contributed by atoms with van der Waals surface area (Å²) in [7, 11) is 0. The number of carbonyl (C=O) groups is 1. The molecular weight excluding hydrogens is 164 g/mol. The molecule has 1 amide bonds. The first-order valence-corrected chi connectivity index (χ1v) is 5.07. The van der Waals surface area contributed by atoms with E-state index in [2.05, 4.69) is 26.1 Å². The normalized spacial score (nSPS) is 19.7. The number of carbonyl (C=O) groups excluding carboxylic acids is 1. The van der Waals surface area contributed by atoms with Gasteiger partial charge in [-0.05, 0) is 32.6 Å². The quantitative estimate of drug-likeness (QED) is 0.689. The third kappa shape index (κ3) is 2.21. The van der Waals surface area contributed by atoms with Gasteiger partial charge in [0.2, 0.25) is 5.91 Å². The van der Waals surface area contributed by atoms with Crippen LogP contribution in [0.1, 0.15) is 46.5 Å². The van der Waals surface area contributed by atoms with E-state index in [9.17, 15) is 4.79 Å². The van der Waals surface area contributed by atoms with Gasteiger partial charge < -0.3 is 11.1 Å². The second-order valence-electron chi connectivity index (χ2n) is 4.38. The van der Waals surface area contributed by atoms with E-state index in [0.717, 1.165) is 25.7 Å². The standard InChI is InChI=1S/C10H20N2O/c1-4-9(3,5-2)12-8(13)10(11)6-7-10/h4-7,11H2,1-3H3,(H,12,13). The van der Waals surface area contributed by atoms with E-state index in [1.165, 1.54) is 0 Å². The van der Waals surface area contributed by atoms with E-state index in [4.69, 9.17) is 5.73 Å². The van der Waals surface area contributed by atoms with E-state index in [1.54, 1.807) is 0 Å². The van der Waals surface area contributed by atoms with Crippen LogP contribution in [-0.4, -0.2) is 17.0 Å². The second kappa shape index (κ2) is 3.29. The Morgan fingerprint density at radius 2 is 1.92 bits per heavy atom. The molecule has 3 nitrogen and oxygen atoms in total. The van der Waals surface area contributed by atoms with Crippen molar-refractivity contribution >= 4 is 5.91 Å². The van der Waals surface area contributed by atoms with Crippen molar-refractivity contribution < 1.29 is 4.79 Å². The Morgan fingerprint density at radius 1 is 1.46 bits per heavy atom. The zero-order chi connectivity index (χ0) is 10.1. The van der Waals surface area contributed by atoms with Crippen LogP contribution < -0.4 is 11.1 Å². The summed E-state index contributed by atoms with van der Waals surface area (Å²) >= 11 is 0. The lowest BCUT2D eigenvalue weighted by atomic mass is 9.95. The largest absolute Gasteiger partial charge is 0.349 e. The molecule has 0 unspecified atom stereocenters. The second-order valence-corrected chi connectivity index (χ2v) is 4.38. The minimum absolute atomic E-state index is 0.0266. The van der Waals surface area contributed by atoms with Gasteiger partial charge in [0, 0.05) is 5.54 Å². The Morgan fingerprint density at radius 3 is 2.23 bits per heavy atom. The average Bonchev–Trinajstić information content (AvgIpc) is 2.85. The summed E-state index contributed by atoms with van der Waals surface area (Å²) in [4.78, 5) is 11.6. The van der Waals surface area contributed by atoms with Gasteiger partial charge in [-0.3, -0.25) is 4.79 Å². The van der Waals surface area contributed by atoms with Gasteiger partial charge in [0.1, 0.15) is 0 Å². The summed E-state index contributed by atoms with van der Waals surface area (Å²) in [6.45, 7) is 6.23. The average molecular weight is 184 g/mol. The van der Waals surface area contributed by atoms with Gasteiger partial charge in [0.05, 0.1) is 5.54 Å². The van der Waals surface area contributed by atoms with Gasteiger partial charge in [0.15, 0.2) is 0 Å². The van der Waals surface area contributed by atoms with Crippen molar-refractivity contribution in [2.45, 2.75) is 57.5 Å². The molecule has 1 rings (SSSR count). The van der Waals surface area contributed by atoms with Gasteiger partial charge in [-0.25, -0.2) is 0 Å². The molecule has 0 radical (unpaired) electrons. The van der Waals surface area contributed by atoms with Crippen LogP contribution in [0, 0.1) is 0 Å². The molecular formula is C10H20N2O. The number of rotatable bonds is 4. The molecule has 13 heavy (non-hydrogen) atoms. The Labute approximate surface area is 80.1 Å². The lowest BCUT2D eigenvalue weighted by Crippen LogP contribution is -2.52. The zero-order valence-electron chi connectivity index (χ0n) is 8.81. The summed E-state index contributed by atoms with van der Waals surface area (Å²) in [5.74, 6) is 0.0266. The lowest BCUT2D eigenvalue weighted by molar-refractivity contribution is -0.125. The molecule has 0 heterocycles. The number of nitrogens with one attached hydrogen (secondary N) is 1. The molecule has 0 atom stereocenters. The van der Waals surface area contributed by atoms with Crippen molar-refractivity contribution in [1.29, 1.82) is 0 Å². The zero-order valence-corrected chi connectivity index (χ0v) is 8.81. The highest BCUT2D eigenvalue weighted by Gasteiger charge is 2.47. The van der Waals surface area contributed by atoms with Gasteiger partial charge in [-0.15, -0.1) is 0 Å². The molecule has 76 valence electrons. The number of hydrogen-bond acceptors (Lipinski definition) is 2. The van der Waals surface area contributed by atoms with Crippen LogP contribution in [0.4, 0.5) is 0 Å². The monoisotopic (exact) mass is 184 g/mol. The minimum atomic E-state index is -0.536. The van der Waals surface area contributed by atoms with E-state index in [-0.39, 0.29) is 11.4 Å². The fourth-order valence-corrected chi connectivity index (χ4v) is 1.19. The van der Waals surface area contributed by atoms with Crippen molar-refractivity contribution in [2.75, 3.05) is 0 Å². The summed E-state index contributed by atoms with van der Waals surface area (Å²) < 4.78 is 0. The van der Waals surface area contributed by atoms with Gasteiger partial charge in [-0.1, -0.05) is 13.8 Å². The Kier molecular flexibility index (Phi) is 2.66. The lowest BCUT2D eigenvalue weighted by Gasteiger charge is -2.29. The van der Waals surface area contributed by atoms with Gasteiger partial charge >= 0.3 is 0 Å². The third-order valence-corrected chi connectivity index (χ3v) is 3.22. The Hall–Kier alpha value is -0.570. The first-order chi connectivity index (χ1) is 5.96. The highest BCUT2D eigenvalue weighted by molar-refractivity contribution is 5.89. The van der Waals surface area contributed by atoms with Crippen LogP contribution in [0.3, 0.4) is 0 Å². The highest BCUT2D eigenvalue weighted by atomic mass is 16.2. The summed E-state index contributed by atoms with van der Waals surface area (Å²) in [6, 6.07) is 0. The van der Waals surface area contributed by atoms with Gasteiger partial charge in [0.25, 0.3) is 0 Å². The van der Waals surface area contributed by atoms with Crippen LogP contribution in [0.2, 0.25) is 0 Å². The fraction of sp³-hybridized carbons (Fsp3) is 0.900. The van der Waals surface area contributed by atoms with E-state index in [1.807, 2.05) is 0 Å². The molecule has 0 aliphatic heterocycles. The molecule has 1 aliphatic rings. The molecule has 3 N–H and O–H groups in total. The maximum atomic E-state index is 11.6. The number of nitrogens with two attached hydrogens (primary N) is 1. The van der Waals surface area contributed by atoms with E-state index in [0.29, 0.717) is 0 Å². The molecule has 1 saturated carbocycles. The first kappa shape index (κ1) is 10.5. The molecule has 0 bridgehead atoms. The Bertz CT molecular complexity index is 205. The van der Waals surface area contributed by atoms with E-state index < -0.39 is 5.54 Å². The van der Waals surface area contributed by atoms with Crippen molar-refractivity contribution in [3.8, 4) is 0 Å². The Balaban J connectivity index is 2.51. The molecule has 3 heteroatoms. The SMILES string of the molecule is CCC(C)(CC)NC(=O)C1(N)CC1. The summed E-state index contributed by atoms with van der Waals surface area (Å²) in [5, 5.41) is 3.03. The topological polar surface area (TPSA) is 55.1 Å².